The molecular formula is C23H28N2O6S. The van der Waals surface area contributed by atoms with Gasteiger partial charge in [-0.2, -0.15) is 0 Å². The van der Waals surface area contributed by atoms with Crippen molar-refractivity contribution in [1.82, 2.24) is 9.62 Å². The molecule has 2 aromatic carbocycles. The van der Waals surface area contributed by atoms with Crippen LogP contribution in [-0.4, -0.2) is 58.1 Å². The Hall–Kier alpha value is -2.75. The third-order valence-corrected chi connectivity index (χ3v) is 6.95. The maximum Gasteiger partial charge on any atom is 0.338 e. The number of sulfonamides is 1. The molecule has 1 heterocycles. The van der Waals surface area contributed by atoms with E-state index in [1.807, 2.05) is 37.3 Å². The first-order chi connectivity index (χ1) is 15.3. The van der Waals surface area contributed by atoms with Crippen LogP contribution in [0.1, 0.15) is 41.7 Å². The number of nitrogens with zero attached hydrogens (tertiary/aromatic N) is 1. The van der Waals surface area contributed by atoms with Crippen LogP contribution < -0.4 is 4.72 Å². The summed E-state index contributed by atoms with van der Waals surface area (Å²) in [7, 11) is -2.06. The highest BCUT2D eigenvalue weighted by Crippen LogP contribution is 2.18. The van der Waals surface area contributed by atoms with Crippen molar-refractivity contribution in [2.24, 2.45) is 0 Å². The zero-order valence-corrected chi connectivity index (χ0v) is 19.0. The van der Waals surface area contributed by atoms with Gasteiger partial charge in [0, 0.05) is 20.2 Å². The molecule has 0 spiro atoms. The summed E-state index contributed by atoms with van der Waals surface area (Å²) < 4.78 is 37.9. The quantitative estimate of drug-likeness (QED) is 0.577. The Morgan fingerprint density at radius 3 is 2.47 bits per heavy atom. The average molecular weight is 461 g/mol. The highest BCUT2D eigenvalue weighted by molar-refractivity contribution is 7.89. The van der Waals surface area contributed by atoms with Crippen LogP contribution in [0.3, 0.4) is 0 Å². The number of benzene rings is 2. The molecule has 32 heavy (non-hydrogen) atoms. The maximum atomic E-state index is 12.4. The van der Waals surface area contributed by atoms with Gasteiger partial charge in [0.2, 0.25) is 10.0 Å². The first-order valence-electron chi connectivity index (χ1n) is 10.5. The maximum absolute atomic E-state index is 12.4. The Kier molecular flexibility index (Phi) is 8.00. The standard InChI is InChI=1S/C23H28N2O6S/c1-17(18-7-4-3-5-8-18)25(2)22(26)16-31-23(27)19-10-12-21(13-11-19)32(28,29)24-15-20-9-6-14-30-20/h3-5,7-8,10-13,17,20,24H,6,9,14-16H2,1-2H3. The predicted molar refractivity (Wildman–Crippen MR) is 119 cm³/mol. The fraction of sp³-hybridized carbons (Fsp3) is 0.391. The zero-order chi connectivity index (χ0) is 23.1. The van der Waals surface area contributed by atoms with E-state index in [4.69, 9.17) is 9.47 Å². The molecule has 172 valence electrons. The van der Waals surface area contributed by atoms with E-state index in [1.165, 1.54) is 29.2 Å². The van der Waals surface area contributed by atoms with Crippen LogP contribution in [-0.2, 0) is 24.3 Å². The molecule has 2 aromatic rings. The second kappa shape index (κ2) is 10.7. The van der Waals surface area contributed by atoms with Gasteiger partial charge in [0.15, 0.2) is 6.61 Å². The van der Waals surface area contributed by atoms with Gasteiger partial charge in [-0.05, 0) is 49.6 Å². The summed E-state index contributed by atoms with van der Waals surface area (Å²) in [5.74, 6) is -1.04. The first-order valence-corrected chi connectivity index (χ1v) is 12.0. The molecule has 1 aliphatic rings. The van der Waals surface area contributed by atoms with Gasteiger partial charge in [-0.1, -0.05) is 30.3 Å². The average Bonchev–Trinajstić information content (AvgIpc) is 3.34. The molecule has 3 rings (SSSR count). The Balaban J connectivity index is 1.52. The molecule has 1 amide bonds. The van der Waals surface area contributed by atoms with Crippen LogP contribution in [0.15, 0.2) is 59.5 Å². The Bertz CT molecular complexity index is 1020. The van der Waals surface area contributed by atoms with Gasteiger partial charge in [0.05, 0.1) is 22.6 Å². The molecular weight excluding hydrogens is 432 g/mol. The molecule has 2 atom stereocenters. The van der Waals surface area contributed by atoms with Crippen LogP contribution in [0.4, 0.5) is 0 Å². The van der Waals surface area contributed by atoms with E-state index in [0.717, 1.165) is 18.4 Å². The zero-order valence-electron chi connectivity index (χ0n) is 18.2. The summed E-state index contributed by atoms with van der Waals surface area (Å²) in [5.41, 5.74) is 1.13. The predicted octanol–water partition coefficient (Wildman–Crippen LogP) is 2.52. The van der Waals surface area contributed by atoms with Gasteiger partial charge in [-0.15, -0.1) is 0 Å². The molecule has 0 radical (unpaired) electrons. The summed E-state index contributed by atoms with van der Waals surface area (Å²) in [6, 6.07) is 14.8. The minimum Gasteiger partial charge on any atom is -0.452 e. The van der Waals surface area contributed by atoms with Gasteiger partial charge in [-0.3, -0.25) is 4.79 Å². The molecule has 1 N–H and O–H groups in total. The highest BCUT2D eigenvalue weighted by Gasteiger charge is 2.22. The second-order valence-electron chi connectivity index (χ2n) is 7.68. The lowest BCUT2D eigenvalue weighted by atomic mass is 10.1. The smallest absolute Gasteiger partial charge is 0.338 e. The number of carbonyl (C=O) groups excluding carboxylic acids is 2. The minimum absolute atomic E-state index is 0.0412. The number of amides is 1. The van der Waals surface area contributed by atoms with Crippen LogP contribution in [0.25, 0.3) is 0 Å². The summed E-state index contributed by atoms with van der Waals surface area (Å²) >= 11 is 0. The largest absolute Gasteiger partial charge is 0.452 e. The molecule has 0 aromatic heterocycles. The number of hydrogen-bond donors (Lipinski definition) is 1. The molecule has 1 fully saturated rings. The minimum atomic E-state index is -3.71. The summed E-state index contributed by atoms with van der Waals surface area (Å²) in [5, 5.41) is 0. The van der Waals surface area contributed by atoms with E-state index in [-0.39, 0.29) is 35.1 Å². The number of ether oxygens (including phenoxy) is 2. The van der Waals surface area contributed by atoms with Crippen LogP contribution in [0.5, 0.6) is 0 Å². The number of rotatable bonds is 9. The number of likely N-dealkylation sites (N-methyl/N-ethyl adjacent to an activating group) is 1. The number of carbonyl (C=O) groups is 2. The van der Waals surface area contributed by atoms with Crippen LogP contribution in [0.2, 0.25) is 0 Å². The summed E-state index contributed by atoms with van der Waals surface area (Å²) in [6.07, 6.45) is 1.64. The van der Waals surface area contributed by atoms with E-state index in [9.17, 15) is 18.0 Å². The fourth-order valence-corrected chi connectivity index (χ4v) is 4.41. The van der Waals surface area contributed by atoms with Crippen LogP contribution >= 0.6 is 0 Å². The first kappa shape index (κ1) is 23.9. The van der Waals surface area contributed by atoms with E-state index < -0.39 is 22.6 Å². The van der Waals surface area contributed by atoms with Crippen molar-refractivity contribution in [3.05, 3.63) is 65.7 Å². The molecule has 9 heteroatoms. The van der Waals surface area contributed by atoms with E-state index >= 15 is 0 Å². The molecule has 2 unspecified atom stereocenters. The van der Waals surface area contributed by atoms with Gasteiger partial charge >= 0.3 is 5.97 Å². The van der Waals surface area contributed by atoms with Crippen LogP contribution in [0, 0.1) is 0 Å². The molecule has 0 bridgehead atoms. The third kappa shape index (κ3) is 6.15. The van der Waals surface area contributed by atoms with Crippen molar-refractivity contribution in [2.45, 2.75) is 36.8 Å². The normalized spacial score (nSPS) is 17.0. The van der Waals surface area contributed by atoms with E-state index in [1.54, 1.807) is 7.05 Å². The third-order valence-electron chi connectivity index (χ3n) is 5.51. The van der Waals surface area contributed by atoms with Crippen molar-refractivity contribution in [3.8, 4) is 0 Å². The van der Waals surface area contributed by atoms with E-state index in [0.29, 0.717) is 6.61 Å². The van der Waals surface area contributed by atoms with Crippen molar-refractivity contribution in [1.29, 1.82) is 0 Å². The summed E-state index contributed by atoms with van der Waals surface area (Å²) in [6.45, 7) is 2.34. The van der Waals surface area contributed by atoms with Gasteiger partial charge in [-0.25, -0.2) is 17.9 Å². The number of hydrogen-bond acceptors (Lipinski definition) is 6. The number of esters is 1. The van der Waals surface area contributed by atoms with Crippen molar-refractivity contribution in [3.63, 3.8) is 0 Å². The lowest BCUT2D eigenvalue weighted by Gasteiger charge is -2.25. The lowest BCUT2D eigenvalue weighted by Crippen LogP contribution is -2.33. The molecule has 1 saturated heterocycles. The Morgan fingerprint density at radius 2 is 1.84 bits per heavy atom. The SMILES string of the molecule is CC(c1ccccc1)N(C)C(=O)COC(=O)c1ccc(S(=O)(=O)NCC2CCCO2)cc1. The molecule has 0 aliphatic carbocycles. The van der Waals surface area contributed by atoms with Gasteiger partial charge < -0.3 is 14.4 Å². The highest BCUT2D eigenvalue weighted by atomic mass is 32.2. The molecule has 1 aliphatic heterocycles. The van der Waals surface area contributed by atoms with Crippen molar-refractivity contribution >= 4 is 21.9 Å². The van der Waals surface area contributed by atoms with E-state index in [2.05, 4.69) is 4.72 Å². The molecule has 8 nitrogen and oxygen atoms in total. The van der Waals surface area contributed by atoms with Gasteiger partial charge in [0.1, 0.15) is 0 Å². The fourth-order valence-electron chi connectivity index (χ4n) is 3.35. The van der Waals surface area contributed by atoms with Crippen molar-refractivity contribution < 1.29 is 27.5 Å². The lowest BCUT2D eigenvalue weighted by molar-refractivity contribution is -0.135. The number of nitrogens with one attached hydrogen (secondary N) is 1. The Morgan fingerprint density at radius 1 is 1.16 bits per heavy atom. The Labute approximate surface area is 188 Å². The molecule has 0 saturated carbocycles. The second-order valence-corrected chi connectivity index (χ2v) is 9.45. The topological polar surface area (TPSA) is 102 Å². The monoisotopic (exact) mass is 460 g/mol. The summed E-state index contributed by atoms with van der Waals surface area (Å²) in [4.78, 5) is 26.3. The van der Waals surface area contributed by atoms with Gasteiger partial charge in [0.25, 0.3) is 5.91 Å². The van der Waals surface area contributed by atoms with Crippen molar-refractivity contribution in [2.75, 3.05) is 26.8 Å².